The van der Waals surface area contributed by atoms with Crippen LogP contribution in [0.4, 0.5) is 8.78 Å². The molecule has 0 saturated carbocycles. The number of ether oxygens (including phenoxy) is 1. The van der Waals surface area contributed by atoms with Crippen molar-refractivity contribution < 1.29 is 23.1 Å². The highest BCUT2D eigenvalue weighted by Crippen LogP contribution is 2.41. The van der Waals surface area contributed by atoms with Gasteiger partial charge in [0.2, 0.25) is 5.91 Å². The van der Waals surface area contributed by atoms with E-state index in [2.05, 4.69) is 10.3 Å². The van der Waals surface area contributed by atoms with Crippen LogP contribution in [0.3, 0.4) is 0 Å². The molecule has 1 N–H and O–H groups in total. The Morgan fingerprint density at radius 1 is 1.39 bits per heavy atom. The molecule has 1 fully saturated rings. The predicted molar refractivity (Wildman–Crippen MR) is 99.6 cm³/mol. The van der Waals surface area contributed by atoms with Gasteiger partial charge in [-0.05, 0) is 19.5 Å². The number of nitrogens with zero attached hydrogens (tertiary/aromatic N) is 2. The predicted octanol–water partition coefficient (Wildman–Crippen LogP) is 2.31. The van der Waals surface area contributed by atoms with Gasteiger partial charge in [-0.3, -0.25) is 14.5 Å². The zero-order chi connectivity index (χ0) is 20.3. The number of benzene rings is 1. The lowest BCUT2D eigenvalue weighted by molar-refractivity contribution is -0.145. The first-order valence-electron chi connectivity index (χ1n) is 8.83. The second kappa shape index (κ2) is 8.74. The maximum Gasteiger partial charge on any atom is 0.323 e. The van der Waals surface area contributed by atoms with E-state index in [1.165, 1.54) is 30.6 Å². The number of likely N-dealkylation sites (tertiary alicyclic amines) is 1. The molecule has 1 aliphatic heterocycles. The Morgan fingerprint density at radius 3 is 2.86 bits per heavy atom. The first-order chi connectivity index (χ1) is 13.4. The topological polar surface area (TPSA) is 71.5 Å². The molecule has 1 aromatic heterocycles. The molecule has 9 heteroatoms. The third-order valence-electron chi connectivity index (χ3n) is 5.02. The van der Waals surface area contributed by atoms with Gasteiger partial charge in [-0.25, -0.2) is 13.8 Å². The number of aromatic nitrogens is 1. The number of esters is 1. The van der Waals surface area contributed by atoms with E-state index in [9.17, 15) is 18.4 Å². The average Bonchev–Trinajstić information content (AvgIpc) is 3.31. The fourth-order valence-electron chi connectivity index (χ4n) is 3.65. The lowest BCUT2D eigenvalue weighted by Crippen LogP contribution is -2.37. The van der Waals surface area contributed by atoms with Gasteiger partial charge in [0.05, 0.1) is 18.0 Å². The Labute approximate surface area is 165 Å². The van der Waals surface area contributed by atoms with Gasteiger partial charge >= 0.3 is 5.97 Å². The van der Waals surface area contributed by atoms with Crippen molar-refractivity contribution in [1.82, 2.24) is 15.2 Å². The second-order valence-corrected chi connectivity index (χ2v) is 7.58. The van der Waals surface area contributed by atoms with E-state index in [-0.39, 0.29) is 17.9 Å². The van der Waals surface area contributed by atoms with Gasteiger partial charge in [0, 0.05) is 36.1 Å². The number of nitrogens with one attached hydrogen (secondary N) is 1. The number of carbonyl (C=O) groups is 2. The SMILES string of the molecule is COC(=O)[C@@H]1C[C@H](C(=O)NCCc2nccs2)[C@H](c2cccc(F)c2F)N1C. The third-order valence-corrected chi connectivity index (χ3v) is 5.86. The number of halogens is 2. The van der Waals surface area contributed by atoms with Crippen molar-refractivity contribution >= 4 is 23.2 Å². The van der Waals surface area contributed by atoms with E-state index in [0.29, 0.717) is 13.0 Å². The molecule has 150 valence electrons. The fraction of sp³-hybridized carbons (Fsp3) is 0.421. The van der Waals surface area contributed by atoms with E-state index >= 15 is 0 Å². The minimum atomic E-state index is -1.01. The average molecular weight is 409 g/mol. The van der Waals surface area contributed by atoms with Gasteiger partial charge in [-0.1, -0.05) is 12.1 Å². The maximum absolute atomic E-state index is 14.5. The quantitative estimate of drug-likeness (QED) is 0.742. The van der Waals surface area contributed by atoms with Gasteiger partial charge in [0.1, 0.15) is 6.04 Å². The summed E-state index contributed by atoms with van der Waals surface area (Å²) in [7, 11) is 2.87. The molecule has 0 radical (unpaired) electrons. The highest BCUT2D eigenvalue weighted by molar-refractivity contribution is 7.09. The summed E-state index contributed by atoms with van der Waals surface area (Å²) in [5, 5.41) is 5.57. The van der Waals surface area contributed by atoms with Crippen LogP contribution in [0.15, 0.2) is 29.8 Å². The summed E-state index contributed by atoms with van der Waals surface area (Å²) >= 11 is 1.49. The largest absolute Gasteiger partial charge is 0.468 e. The fourth-order valence-corrected chi connectivity index (χ4v) is 4.27. The van der Waals surface area contributed by atoms with Gasteiger partial charge in [-0.2, -0.15) is 0 Å². The van der Waals surface area contributed by atoms with E-state index in [4.69, 9.17) is 4.74 Å². The molecule has 28 heavy (non-hydrogen) atoms. The molecule has 2 heterocycles. The molecule has 1 aromatic carbocycles. The highest BCUT2D eigenvalue weighted by Gasteiger charge is 2.47. The monoisotopic (exact) mass is 409 g/mol. The van der Waals surface area contributed by atoms with Crippen LogP contribution in [0.1, 0.15) is 23.0 Å². The van der Waals surface area contributed by atoms with Crippen LogP contribution in [-0.4, -0.2) is 48.5 Å². The number of hydrogen-bond donors (Lipinski definition) is 1. The molecule has 1 amide bonds. The number of amides is 1. The lowest BCUT2D eigenvalue weighted by atomic mass is 9.91. The number of carbonyl (C=O) groups excluding carboxylic acids is 2. The van der Waals surface area contributed by atoms with Gasteiger partial charge < -0.3 is 10.1 Å². The summed E-state index contributed by atoms with van der Waals surface area (Å²) in [6, 6.07) is 2.36. The summed E-state index contributed by atoms with van der Waals surface area (Å²) in [6.07, 6.45) is 2.43. The zero-order valence-electron chi connectivity index (χ0n) is 15.5. The van der Waals surface area contributed by atoms with Crippen LogP contribution in [0.2, 0.25) is 0 Å². The first kappa shape index (κ1) is 20.3. The van der Waals surface area contributed by atoms with E-state index < -0.39 is 35.6 Å². The van der Waals surface area contributed by atoms with Crippen molar-refractivity contribution in [2.75, 3.05) is 20.7 Å². The Morgan fingerprint density at radius 2 is 2.18 bits per heavy atom. The molecule has 2 aromatic rings. The molecule has 0 aliphatic carbocycles. The van der Waals surface area contributed by atoms with Crippen LogP contribution in [0.5, 0.6) is 0 Å². The summed E-state index contributed by atoms with van der Waals surface area (Å²) in [4.78, 5) is 30.7. The number of likely N-dealkylation sites (N-methyl/N-ethyl adjacent to an activating group) is 1. The molecule has 1 saturated heterocycles. The van der Waals surface area contributed by atoms with Crippen molar-refractivity contribution in [3.05, 3.63) is 52.0 Å². The van der Waals surface area contributed by atoms with Crippen LogP contribution in [0, 0.1) is 17.6 Å². The molecule has 3 atom stereocenters. The number of rotatable bonds is 6. The smallest absolute Gasteiger partial charge is 0.323 e. The number of thiazole rings is 1. The molecule has 3 rings (SSSR count). The maximum atomic E-state index is 14.5. The Kier molecular flexibility index (Phi) is 6.35. The van der Waals surface area contributed by atoms with Crippen LogP contribution >= 0.6 is 11.3 Å². The number of hydrogen-bond acceptors (Lipinski definition) is 6. The summed E-state index contributed by atoms with van der Waals surface area (Å²) in [5.41, 5.74) is 0.0500. The molecular formula is C19H21F2N3O3S. The first-order valence-corrected chi connectivity index (χ1v) is 9.71. The van der Waals surface area contributed by atoms with Gasteiger partial charge in [0.15, 0.2) is 11.6 Å². The van der Waals surface area contributed by atoms with E-state index in [1.807, 2.05) is 5.38 Å². The minimum Gasteiger partial charge on any atom is -0.468 e. The lowest BCUT2D eigenvalue weighted by Gasteiger charge is -2.27. The van der Waals surface area contributed by atoms with Crippen LogP contribution in [-0.2, 0) is 20.7 Å². The summed E-state index contributed by atoms with van der Waals surface area (Å²) in [5.74, 6) is -3.55. The van der Waals surface area contributed by atoms with Crippen molar-refractivity contribution in [3.8, 4) is 0 Å². The second-order valence-electron chi connectivity index (χ2n) is 6.60. The van der Waals surface area contributed by atoms with E-state index in [0.717, 1.165) is 11.1 Å². The molecule has 0 unspecified atom stereocenters. The number of methoxy groups -OCH3 is 1. The van der Waals surface area contributed by atoms with Crippen LogP contribution in [0.25, 0.3) is 0 Å². The van der Waals surface area contributed by atoms with Gasteiger partial charge in [0.25, 0.3) is 0 Å². The van der Waals surface area contributed by atoms with Crippen molar-refractivity contribution in [2.24, 2.45) is 5.92 Å². The Balaban J connectivity index is 1.81. The van der Waals surface area contributed by atoms with Gasteiger partial charge in [-0.15, -0.1) is 11.3 Å². The Bertz CT molecular complexity index is 847. The van der Waals surface area contributed by atoms with E-state index in [1.54, 1.807) is 18.1 Å². The summed E-state index contributed by atoms with van der Waals surface area (Å²) < 4.78 is 33.0. The summed E-state index contributed by atoms with van der Waals surface area (Å²) in [6.45, 7) is 0.369. The highest BCUT2D eigenvalue weighted by atomic mass is 32.1. The normalized spacial score (nSPS) is 22.2. The third kappa shape index (κ3) is 4.05. The zero-order valence-corrected chi connectivity index (χ0v) is 16.3. The molecule has 1 aliphatic rings. The molecular weight excluding hydrogens is 388 g/mol. The molecule has 0 spiro atoms. The van der Waals surface area contributed by atoms with Crippen molar-refractivity contribution in [2.45, 2.75) is 24.9 Å². The molecule has 0 bridgehead atoms. The Hall–Kier alpha value is -2.39. The molecule has 6 nitrogen and oxygen atoms in total. The van der Waals surface area contributed by atoms with Crippen molar-refractivity contribution in [3.63, 3.8) is 0 Å². The minimum absolute atomic E-state index is 0.0500. The standard InChI is InChI=1S/C19H21F2N3O3S/c1-24-14(19(26)27-2)10-12(17(24)11-4-3-5-13(20)16(11)21)18(25)23-7-6-15-22-8-9-28-15/h3-5,8-9,12,14,17H,6-7,10H2,1-2H3,(H,23,25)/t12-,14-,17-/m0/s1. The van der Waals surface area contributed by atoms with Crippen LogP contribution < -0.4 is 5.32 Å². The van der Waals surface area contributed by atoms with Crippen molar-refractivity contribution in [1.29, 1.82) is 0 Å².